The number of amides is 1. The van der Waals surface area contributed by atoms with E-state index in [9.17, 15) is 4.79 Å². The molecule has 9 heteroatoms. The lowest BCUT2D eigenvalue weighted by Gasteiger charge is -2.13. The quantitative estimate of drug-likeness (QED) is 0.129. The summed E-state index contributed by atoms with van der Waals surface area (Å²) in [6.07, 6.45) is 1.50. The van der Waals surface area contributed by atoms with Crippen LogP contribution in [-0.2, 0) is 6.61 Å². The van der Waals surface area contributed by atoms with Crippen LogP contribution in [0.5, 0.6) is 11.5 Å². The highest BCUT2D eigenvalue weighted by Crippen LogP contribution is 2.36. The summed E-state index contributed by atoms with van der Waals surface area (Å²) in [4.78, 5) is 17.3. The van der Waals surface area contributed by atoms with Crippen LogP contribution < -0.4 is 20.2 Å². The van der Waals surface area contributed by atoms with Crippen molar-refractivity contribution in [1.29, 1.82) is 0 Å². The molecule has 0 fully saturated rings. The summed E-state index contributed by atoms with van der Waals surface area (Å²) in [5, 5.41) is 10.6. The molecule has 0 bridgehead atoms. The molecule has 0 atom stereocenters. The molecule has 0 unspecified atom stereocenters. The van der Waals surface area contributed by atoms with E-state index >= 15 is 0 Å². The van der Waals surface area contributed by atoms with Crippen LogP contribution in [0.15, 0.2) is 101 Å². The van der Waals surface area contributed by atoms with Crippen molar-refractivity contribution in [2.24, 2.45) is 5.10 Å². The molecule has 7 nitrogen and oxygen atoms in total. The predicted molar refractivity (Wildman–Crippen MR) is 166 cm³/mol. The number of aromatic nitrogens is 1. The molecule has 0 saturated carbocycles. The highest BCUT2D eigenvalue weighted by Gasteiger charge is 2.13. The summed E-state index contributed by atoms with van der Waals surface area (Å²) in [7, 11) is 1.54. The number of ether oxygens (including phenoxy) is 2. The topological polar surface area (TPSA) is 84.8 Å². The van der Waals surface area contributed by atoms with Crippen LogP contribution >= 0.6 is 22.9 Å². The molecule has 0 radical (unpaired) electrons. The van der Waals surface area contributed by atoms with E-state index in [-0.39, 0.29) is 5.91 Å². The fourth-order valence-electron chi connectivity index (χ4n) is 3.93. The number of hydrogen-bond donors (Lipinski definition) is 2. The Kier molecular flexibility index (Phi) is 8.93. The number of carbonyl (C=O) groups is 1. The van der Waals surface area contributed by atoms with Gasteiger partial charge in [0.2, 0.25) is 0 Å². The van der Waals surface area contributed by atoms with Crippen molar-refractivity contribution in [3.05, 3.63) is 124 Å². The van der Waals surface area contributed by atoms with Crippen LogP contribution in [0.3, 0.4) is 0 Å². The first-order valence-corrected chi connectivity index (χ1v) is 14.0. The molecule has 4 aromatic carbocycles. The molecule has 0 spiro atoms. The number of nitrogens with zero attached hydrogens (tertiary/aromatic N) is 2. The average molecular weight is 583 g/mol. The van der Waals surface area contributed by atoms with Gasteiger partial charge in [-0.15, -0.1) is 11.3 Å². The number of nitrogens with one attached hydrogen (secondary N) is 2. The number of rotatable bonds is 10. The number of aryl methyl sites for hydroxylation is 1. The summed E-state index contributed by atoms with van der Waals surface area (Å²) in [6.45, 7) is 2.41. The Morgan fingerprint density at radius 2 is 1.78 bits per heavy atom. The lowest BCUT2D eigenvalue weighted by atomic mass is 10.1. The van der Waals surface area contributed by atoms with Crippen molar-refractivity contribution in [3.63, 3.8) is 0 Å². The second kappa shape index (κ2) is 13.1. The maximum atomic E-state index is 12.7. The van der Waals surface area contributed by atoms with Crippen molar-refractivity contribution in [1.82, 2.24) is 10.4 Å². The van der Waals surface area contributed by atoms with Gasteiger partial charge in [0.05, 0.1) is 24.0 Å². The van der Waals surface area contributed by atoms with E-state index in [0.717, 1.165) is 27.6 Å². The Morgan fingerprint density at radius 3 is 2.51 bits per heavy atom. The third-order valence-electron chi connectivity index (χ3n) is 6.11. The normalized spacial score (nSPS) is 10.9. The molecule has 2 N–H and O–H groups in total. The molecule has 5 rings (SSSR count). The smallest absolute Gasteiger partial charge is 0.271 e. The lowest BCUT2D eigenvalue weighted by Crippen LogP contribution is -2.17. The Morgan fingerprint density at radius 1 is 1.02 bits per heavy atom. The number of anilines is 2. The number of methoxy groups -OCH3 is 1. The molecule has 41 heavy (non-hydrogen) atoms. The molecule has 0 aliphatic carbocycles. The Balaban J connectivity index is 1.18. The van der Waals surface area contributed by atoms with Gasteiger partial charge in [0.25, 0.3) is 5.91 Å². The Hall–Kier alpha value is -4.66. The predicted octanol–water partition coefficient (Wildman–Crippen LogP) is 7.87. The van der Waals surface area contributed by atoms with Gasteiger partial charge in [0.15, 0.2) is 16.6 Å². The van der Waals surface area contributed by atoms with E-state index in [1.165, 1.54) is 23.1 Å². The SMILES string of the molecule is COc1cc(/C=N\NC(=O)c2ccc(-c3csc(Nc4ccc(C)cc4)n3)cc2)cc(Cl)c1OCc1ccccc1. The Labute approximate surface area is 247 Å². The van der Waals surface area contributed by atoms with E-state index in [1.54, 1.807) is 31.4 Å². The summed E-state index contributed by atoms with van der Waals surface area (Å²) >= 11 is 7.99. The molecule has 0 saturated heterocycles. The minimum Gasteiger partial charge on any atom is -0.493 e. The largest absolute Gasteiger partial charge is 0.493 e. The molecule has 206 valence electrons. The average Bonchev–Trinajstić information content (AvgIpc) is 3.46. The zero-order chi connectivity index (χ0) is 28.6. The minimum atomic E-state index is -0.339. The monoisotopic (exact) mass is 582 g/mol. The molecule has 5 aromatic rings. The van der Waals surface area contributed by atoms with Gasteiger partial charge in [0.1, 0.15) is 6.61 Å². The van der Waals surface area contributed by atoms with E-state index in [0.29, 0.717) is 34.3 Å². The first kappa shape index (κ1) is 27.9. The highest BCUT2D eigenvalue weighted by atomic mass is 35.5. The van der Waals surface area contributed by atoms with Gasteiger partial charge in [-0.25, -0.2) is 10.4 Å². The standard InChI is InChI=1S/C32H27ClN4O3S/c1-21-8-14-26(15-9-21)35-32-36-28(20-41-32)24-10-12-25(13-11-24)31(38)37-34-18-23-16-27(33)30(29(17-23)39-2)40-19-22-6-4-3-5-7-22/h3-18,20H,19H2,1-2H3,(H,35,36)(H,37,38)/b34-18-. The first-order chi connectivity index (χ1) is 20.0. The number of hydrogen-bond acceptors (Lipinski definition) is 7. The molecule has 0 aliphatic rings. The van der Waals surface area contributed by atoms with E-state index in [4.69, 9.17) is 21.1 Å². The molecule has 1 heterocycles. The van der Waals surface area contributed by atoms with Crippen molar-refractivity contribution in [2.75, 3.05) is 12.4 Å². The zero-order valence-electron chi connectivity index (χ0n) is 22.4. The summed E-state index contributed by atoms with van der Waals surface area (Å²) in [5.74, 6) is 0.571. The van der Waals surface area contributed by atoms with Crippen molar-refractivity contribution in [2.45, 2.75) is 13.5 Å². The molecule has 1 amide bonds. The van der Waals surface area contributed by atoms with E-state index < -0.39 is 0 Å². The van der Waals surface area contributed by atoms with Crippen molar-refractivity contribution < 1.29 is 14.3 Å². The zero-order valence-corrected chi connectivity index (χ0v) is 24.0. The summed E-state index contributed by atoms with van der Waals surface area (Å²) < 4.78 is 11.4. The number of thiazole rings is 1. The maximum absolute atomic E-state index is 12.7. The van der Waals surface area contributed by atoms with Crippen molar-refractivity contribution >= 4 is 45.9 Å². The summed E-state index contributed by atoms with van der Waals surface area (Å²) in [5.41, 5.74) is 8.61. The molecular weight excluding hydrogens is 556 g/mol. The molecule has 1 aromatic heterocycles. The number of hydrazone groups is 1. The fraction of sp³-hybridized carbons (Fsp3) is 0.0938. The molecular formula is C32H27ClN4O3S. The van der Waals surface area contributed by atoms with Crippen LogP contribution in [0.1, 0.15) is 27.0 Å². The van der Waals surface area contributed by atoms with Gasteiger partial charge < -0.3 is 14.8 Å². The first-order valence-electron chi connectivity index (χ1n) is 12.8. The molecule has 0 aliphatic heterocycles. The van der Waals surface area contributed by atoms with Gasteiger partial charge in [-0.2, -0.15) is 5.10 Å². The van der Waals surface area contributed by atoms with Crippen LogP contribution in [0.2, 0.25) is 5.02 Å². The van der Waals surface area contributed by atoms with Gasteiger partial charge in [-0.3, -0.25) is 4.79 Å². The van der Waals surface area contributed by atoms with Crippen LogP contribution in [0, 0.1) is 6.92 Å². The van der Waals surface area contributed by atoms with Gasteiger partial charge >= 0.3 is 0 Å². The van der Waals surface area contributed by atoms with Crippen LogP contribution in [0.4, 0.5) is 10.8 Å². The second-order valence-corrected chi connectivity index (χ2v) is 10.4. The van der Waals surface area contributed by atoms with Gasteiger partial charge in [-0.05, 0) is 54.4 Å². The number of carbonyl (C=O) groups excluding carboxylic acids is 1. The lowest BCUT2D eigenvalue weighted by molar-refractivity contribution is 0.0955. The highest BCUT2D eigenvalue weighted by molar-refractivity contribution is 7.14. The van der Waals surface area contributed by atoms with Gasteiger partial charge in [-0.1, -0.05) is 71.8 Å². The van der Waals surface area contributed by atoms with Crippen LogP contribution in [0.25, 0.3) is 11.3 Å². The second-order valence-electron chi connectivity index (χ2n) is 9.11. The van der Waals surface area contributed by atoms with Crippen LogP contribution in [-0.4, -0.2) is 24.2 Å². The van der Waals surface area contributed by atoms with Crippen molar-refractivity contribution in [3.8, 4) is 22.8 Å². The Bertz CT molecular complexity index is 1650. The van der Waals surface area contributed by atoms with E-state index in [1.807, 2.05) is 60.0 Å². The van der Waals surface area contributed by atoms with Gasteiger partial charge in [0, 0.05) is 22.2 Å². The van der Waals surface area contributed by atoms with E-state index in [2.05, 4.69) is 39.9 Å². The maximum Gasteiger partial charge on any atom is 0.271 e. The minimum absolute atomic E-state index is 0.339. The number of benzene rings is 4. The third-order valence-corrected chi connectivity index (χ3v) is 7.15. The number of halogens is 1. The summed E-state index contributed by atoms with van der Waals surface area (Å²) in [6, 6.07) is 28.6. The third kappa shape index (κ3) is 7.30. The fourth-order valence-corrected chi connectivity index (χ4v) is 4.94.